The number of aromatic nitrogens is 1. The third kappa shape index (κ3) is 3.03. The molecule has 2 rings (SSSR count). The van der Waals surface area contributed by atoms with Crippen LogP contribution in [0.5, 0.6) is 5.75 Å². The summed E-state index contributed by atoms with van der Waals surface area (Å²) in [6.07, 6.45) is 3.43. The van der Waals surface area contributed by atoms with Crippen LogP contribution in [-0.4, -0.2) is 21.9 Å². The Bertz CT molecular complexity index is 661. The van der Waals surface area contributed by atoms with Crippen LogP contribution in [0, 0.1) is 17.0 Å². The zero-order valence-corrected chi connectivity index (χ0v) is 11.2. The number of Topliss-reactive ketones (excluding diaryl/α,β-unsaturated/α-hetero) is 1. The molecule has 2 aromatic rings. The summed E-state index contributed by atoms with van der Waals surface area (Å²) in [6, 6.07) is 6.30. The summed E-state index contributed by atoms with van der Waals surface area (Å²) in [4.78, 5) is 22.3. The van der Waals surface area contributed by atoms with E-state index < -0.39 is 4.92 Å². The molecule has 104 valence electrons. The molecular weight excluding hydrogens is 260 g/mol. The van der Waals surface area contributed by atoms with Crippen molar-refractivity contribution in [3.05, 3.63) is 57.9 Å². The maximum Gasteiger partial charge on any atom is 0.311 e. The van der Waals surface area contributed by atoms with E-state index in [2.05, 4.69) is 0 Å². The number of carbonyl (C=O) groups excluding carboxylic acids is 1. The Kier molecular flexibility index (Phi) is 3.84. The molecule has 1 heterocycles. The maximum absolute atomic E-state index is 11.9. The van der Waals surface area contributed by atoms with Crippen molar-refractivity contribution in [1.29, 1.82) is 0 Å². The minimum atomic E-state index is -0.519. The van der Waals surface area contributed by atoms with Gasteiger partial charge in [-0.15, -0.1) is 0 Å². The second-order valence-corrected chi connectivity index (χ2v) is 4.51. The summed E-state index contributed by atoms with van der Waals surface area (Å²) in [7, 11) is 1.81. The molecule has 0 saturated carbocycles. The minimum Gasteiger partial charge on any atom is -0.478 e. The predicted molar refractivity (Wildman–Crippen MR) is 73.1 cm³/mol. The zero-order chi connectivity index (χ0) is 14.7. The molecular formula is C14H14N2O4. The fraction of sp³-hybridized carbons (Fsp3) is 0.214. The molecule has 0 saturated heterocycles. The number of ketones is 1. The van der Waals surface area contributed by atoms with Crippen LogP contribution >= 0.6 is 0 Å². The van der Waals surface area contributed by atoms with E-state index in [0.29, 0.717) is 5.56 Å². The Morgan fingerprint density at radius 1 is 1.40 bits per heavy atom. The third-order valence-electron chi connectivity index (χ3n) is 2.82. The van der Waals surface area contributed by atoms with Crippen LogP contribution < -0.4 is 4.74 Å². The number of rotatable bonds is 5. The Morgan fingerprint density at radius 3 is 2.75 bits per heavy atom. The highest BCUT2D eigenvalue weighted by molar-refractivity contribution is 5.97. The second kappa shape index (κ2) is 5.56. The summed E-state index contributed by atoms with van der Waals surface area (Å²) < 4.78 is 7.03. The molecule has 0 bridgehead atoms. The van der Waals surface area contributed by atoms with Crippen molar-refractivity contribution in [2.75, 3.05) is 6.61 Å². The zero-order valence-electron chi connectivity index (χ0n) is 11.2. The monoisotopic (exact) mass is 274 g/mol. The van der Waals surface area contributed by atoms with Gasteiger partial charge in [0.2, 0.25) is 5.78 Å². The van der Waals surface area contributed by atoms with Crippen LogP contribution in [0.3, 0.4) is 0 Å². The predicted octanol–water partition coefficient (Wildman–Crippen LogP) is 2.50. The first-order chi connectivity index (χ1) is 9.47. The van der Waals surface area contributed by atoms with Gasteiger partial charge in [-0.1, -0.05) is 6.07 Å². The molecule has 0 fully saturated rings. The third-order valence-corrected chi connectivity index (χ3v) is 2.82. The van der Waals surface area contributed by atoms with E-state index in [9.17, 15) is 14.9 Å². The van der Waals surface area contributed by atoms with Crippen LogP contribution in [0.1, 0.15) is 15.9 Å². The van der Waals surface area contributed by atoms with Crippen LogP contribution in [-0.2, 0) is 7.05 Å². The number of carbonyl (C=O) groups is 1. The smallest absolute Gasteiger partial charge is 0.311 e. The highest BCUT2D eigenvalue weighted by Crippen LogP contribution is 2.27. The molecule has 0 N–H and O–H groups in total. The highest BCUT2D eigenvalue weighted by Gasteiger charge is 2.17. The van der Waals surface area contributed by atoms with Gasteiger partial charge in [-0.3, -0.25) is 14.9 Å². The van der Waals surface area contributed by atoms with Gasteiger partial charge in [0.05, 0.1) is 4.92 Å². The molecule has 0 radical (unpaired) electrons. The van der Waals surface area contributed by atoms with Crippen molar-refractivity contribution in [1.82, 2.24) is 4.57 Å². The molecule has 0 aliphatic heterocycles. The maximum atomic E-state index is 11.9. The van der Waals surface area contributed by atoms with Crippen LogP contribution in [0.25, 0.3) is 0 Å². The summed E-state index contributed by atoms with van der Waals surface area (Å²) >= 11 is 0. The van der Waals surface area contributed by atoms with Gasteiger partial charge < -0.3 is 9.30 Å². The van der Waals surface area contributed by atoms with E-state index in [1.54, 1.807) is 36.0 Å². The Morgan fingerprint density at radius 2 is 2.15 bits per heavy atom. The second-order valence-electron chi connectivity index (χ2n) is 4.51. The Balaban J connectivity index is 2.11. The summed E-state index contributed by atoms with van der Waals surface area (Å²) in [6.45, 7) is 1.53. The fourth-order valence-electron chi connectivity index (χ4n) is 1.79. The van der Waals surface area contributed by atoms with E-state index in [-0.39, 0.29) is 23.8 Å². The summed E-state index contributed by atoms with van der Waals surface area (Å²) in [5, 5.41) is 10.9. The van der Waals surface area contributed by atoms with Crippen molar-refractivity contribution in [3.8, 4) is 5.75 Å². The first kappa shape index (κ1) is 13.8. The van der Waals surface area contributed by atoms with Crippen molar-refractivity contribution < 1.29 is 14.5 Å². The quantitative estimate of drug-likeness (QED) is 0.477. The molecule has 0 aliphatic rings. The average Bonchev–Trinajstić information content (AvgIpc) is 2.83. The lowest BCUT2D eigenvalue weighted by Gasteiger charge is -2.06. The van der Waals surface area contributed by atoms with E-state index in [1.165, 1.54) is 12.1 Å². The largest absolute Gasteiger partial charge is 0.478 e. The van der Waals surface area contributed by atoms with Gasteiger partial charge in [0.25, 0.3) is 0 Å². The first-order valence-electron chi connectivity index (χ1n) is 6.00. The van der Waals surface area contributed by atoms with Crippen LogP contribution in [0.4, 0.5) is 5.69 Å². The molecule has 20 heavy (non-hydrogen) atoms. The highest BCUT2D eigenvalue weighted by atomic mass is 16.6. The number of nitro benzene ring substituents is 1. The molecule has 6 nitrogen and oxygen atoms in total. The van der Waals surface area contributed by atoms with Crippen molar-refractivity contribution >= 4 is 11.5 Å². The molecule has 6 heteroatoms. The standard InChI is InChI=1S/C14H14N2O4/c1-10-3-4-14(12(7-10)16(18)19)20-9-13(17)11-5-6-15(2)8-11/h3-8H,9H2,1-2H3. The van der Waals surface area contributed by atoms with Gasteiger partial charge in [0.1, 0.15) is 0 Å². The molecule has 1 aromatic carbocycles. The van der Waals surface area contributed by atoms with Gasteiger partial charge in [-0.05, 0) is 24.6 Å². The van der Waals surface area contributed by atoms with E-state index >= 15 is 0 Å². The number of nitrogens with zero attached hydrogens (tertiary/aromatic N) is 2. The lowest BCUT2D eigenvalue weighted by molar-refractivity contribution is -0.385. The van der Waals surface area contributed by atoms with Gasteiger partial charge in [0, 0.05) is 31.1 Å². The number of benzene rings is 1. The number of nitro groups is 1. The Labute approximate surface area is 115 Å². The number of ether oxygens (including phenoxy) is 1. The van der Waals surface area contributed by atoms with E-state index in [0.717, 1.165) is 5.56 Å². The van der Waals surface area contributed by atoms with Crippen LogP contribution in [0.15, 0.2) is 36.7 Å². The van der Waals surface area contributed by atoms with Crippen molar-refractivity contribution in [2.24, 2.45) is 7.05 Å². The van der Waals surface area contributed by atoms with Crippen molar-refractivity contribution in [2.45, 2.75) is 6.92 Å². The number of aryl methyl sites for hydroxylation is 2. The molecule has 0 amide bonds. The molecule has 0 spiro atoms. The lowest BCUT2D eigenvalue weighted by Crippen LogP contribution is -2.11. The topological polar surface area (TPSA) is 74.4 Å². The molecule has 0 unspecified atom stereocenters. The van der Waals surface area contributed by atoms with Gasteiger partial charge in [-0.2, -0.15) is 0 Å². The van der Waals surface area contributed by atoms with Crippen LogP contribution in [0.2, 0.25) is 0 Å². The van der Waals surface area contributed by atoms with Gasteiger partial charge in [-0.25, -0.2) is 0 Å². The lowest BCUT2D eigenvalue weighted by atomic mass is 10.2. The van der Waals surface area contributed by atoms with E-state index in [4.69, 9.17) is 4.74 Å². The van der Waals surface area contributed by atoms with Gasteiger partial charge in [0.15, 0.2) is 12.4 Å². The van der Waals surface area contributed by atoms with Gasteiger partial charge >= 0.3 is 5.69 Å². The number of hydrogen-bond donors (Lipinski definition) is 0. The summed E-state index contributed by atoms with van der Waals surface area (Å²) in [5.74, 6) is -0.120. The SMILES string of the molecule is Cc1ccc(OCC(=O)c2ccn(C)c2)c([N+](=O)[O-])c1. The normalized spacial score (nSPS) is 10.3. The van der Waals surface area contributed by atoms with E-state index in [1.807, 2.05) is 7.05 Å². The fourth-order valence-corrected chi connectivity index (χ4v) is 1.79. The Hall–Kier alpha value is -2.63. The molecule has 0 aliphatic carbocycles. The number of hydrogen-bond acceptors (Lipinski definition) is 4. The summed E-state index contributed by atoms with van der Waals surface area (Å²) in [5.41, 5.74) is 1.14. The average molecular weight is 274 g/mol. The molecule has 0 atom stereocenters. The first-order valence-corrected chi connectivity index (χ1v) is 6.00. The minimum absolute atomic E-state index is 0.102. The van der Waals surface area contributed by atoms with Crippen molar-refractivity contribution in [3.63, 3.8) is 0 Å². The molecule has 1 aromatic heterocycles.